The number of allylic oxidation sites excluding steroid dienone is 1. The van der Waals surface area contributed by atoms with Crippen LogP contribution in [0.2, 0.25) is 0 Å². The Morgan fingerprint density at radius 2 is 1.94 bits per heavy atom. The van der Waals surface area contributed by atoms with Crippen LogP contribution in [0.5, 0.6) is 0 Å². The lowest BCUT2D eigenvalue weighted by Crippen LogP contribution is -2.38. The molecule has 3 heteroatoms. The summed E-state index contributed by atoms with van der Waals surface area (Å²) in [7, 11) is 0. The van der Waals surface area contributed by atoms with Gasteiger partial charge in [0, 0.05) is 18.4 Å². The van der Waals surface area contributed by atoms with Gasteiger partial charge in [-0.05, 0) is 49.8 Å². The Kier molecular flexibility index (Phi) is 5.36. The number of nitrogens with one attached hydrogen (secondary N) is 1. The number of hydrogen-bond donors (Lipinski definition) is 2. The lowest BCUT2D eigenvalue weighted by molar-refractivity contribution is 0.536. The molecule has 3 N–H and O–H groups in total. The third-order valence-corrected chi connectivity index (χ3v) is 3.66. The lowest BCUT2D eigenvalue weighted by atomic mass is 9.92. The van der Waals surface area contributed by atoms with Gasteiger partial charge in [-0.25, -0.2) is 0 Å². The van der Waals surface area contributed by atoms with E-state index in [0.717, 1.165) is 6.42 Å². The van der Waals surface area contributed by atoms with Gasteiger partial charge in [-0.2, -0.15) is 0 Å². The second kappa shape index (κ2) is 7.29. The highest BCUT2D eigenvalue weighted by Crippen LogP contribution is 2.21. The first kappa shape index (κ1) is 13.2. The maximum atomic E-state index is 5.74. The summed E-state index contributed by atoms with van der Waals surface area (Å²) in [6.07, 6.45) is 14.7. The van der Waals surface area contributed by atoms with Crippen LogP contribution in [-0.4, -0.2) is 11.0 Å². The van der Waals surface area contributed by atoms with E-state index >= 15 is 0 Å². The van der Waals surface area contributed by atoms with Crippen molar-refractivity contribution in [3.8, 4) is 0 Å². The van der Waals surface area contributed by atoms with Gasteiger partial charge in [0.2, 0.25) is 0 Å². The molecule has 98 valence electrons. The molecule has 0 saturated carbocycles. The number of hydrazine groups is 1. The summed E-state index contributed by atoms with van der Waals surface area (Å²) in [5.74, 6) is 5.74. The van der Waals surface area contributed by atoms with Crippen LogP contribution in [0.3, 0.4) is 0 Å². The summed E-state index contributed by atoms with van der Waals surface area (Å²) >= 11 is 0. The van der Waals surface area contributed by atoms with E-state index in [9.17, 15) is 0 Å². The van der Waals surface area contributed by atoms with Crippen LogP contribution >= 0.6 is 0 Å². The van der Waals surface area contributed by atoms with Gasteiger partial charge in [0.15, 0.2) is 0 Å². The minimum absolute atomic E-state index is 0.269. The van der Waals surface area contributed by atoms with Crippen molar-refractivity contribution in [1.82, 2.24) is 10.4 Å². The Labute approximate surface area is 109 Å². The van der Waals surface area contributed by atoms with Gasteiger partial charge in [0.1, 0.15) is 0 Å². The predicted octanol–water partition coefficient (Wildman–Crippen LogP) is 2.74. The lowest BCUT2D eigenvalue weighted by Gasteiger charge is -2.21. The Bertz CT molecular complexity index is 373. The molecule has 1 heterocycles. The number of nitrogens with two attached hydrogens (primary N) is 1. The standard InChI is InChI=1S/C15H23N3/c16-18-15(12-13-8-10-17-11-9-13)14-6-4-2-1-3-5-7-14/h6,8-11,15,18H,1-5,7,12,16H2/b14-6+. The fraction of sp³-hybridized carbons (Fsp3) is 0.533. The summed E-state index contributed by atoms with van der Waals surface area (Å²) in [4.78, 5) is 4.05. The summed E-state index contributed by atoms with van der Waals surface area (Å²) in [5, 5.41) is 0. The van der Waals surface area contributed by atoms with E-state index in [0.29, 0.717) is 0 Å². The van der Waals surface area contributed by atoms with E-state index in [1.807, 2.05) is 12.4 Å². The monoisotopic (exact) mass is 245 g/mol. The highest BCUT2D eigenvalue weighted by molar-refractivity contribution is 5.19. The Hall–Kier alpha value is -1.19. The summed E-state index contributed by atoms with van der Waals surface area (Å²) in [6.45, 7) is 0. The van der Waals surface area contributed by atoms with Crippen LogP contribution in [0.1, 0.15) is 44.1 Å². The van der Waals surface area contributed by atoms with Crippen molar-refractivity contribution in [2.75, 3.05) is 0 Å². The van der Waals surface area contributed by atoms with Gasteiger partial charge >= 0.3 is 0 Å². The first-order valence-electron chi connectivity index (χ1n) is 6.94. The van der Waals surface area contributed by atoms with E-state index in [4.69, 9.17) is 5.84 Å². The molecular weight excluding hydrogens is 222 g/mol. The highest BCUT2D eigenvalue weighted by atomic mass is 15.2. The molecule has 1 aromatic rings. The average Bonchev–Trinajstić information content (AvgIpc) is 2.37. The quantitative estimate of drug-likeness (QED) is 0.487. The van der Waals surface area contributed by atoms with Crippen molar-refractivity contribution >= 4 is 0 Å². The van der Waals surface area contributed by atoms with Gasteiger partial charge in [0.25, 0.3) is 0 Å². The molecule has 1 aliphatic carbocycles. The maximum Gasteiger partial charge on any atom is 0.0460 e. The number of pyridine rings is 1. The van der Waals surface area contributed by atoms with Gasteiger partial charge in [-0.3, -0.25) is 16.3 Å². The van der Waals surface area contributed by atoms with Crippen molar-refractivity contribution in [1.29, 1.82) is 0 Å². The van der Waals surface area contributed by atoms with Crippen LogP contribution in [0.4, 0.5) is 0 Å². The molecule has 0 spiro atoms. The van der Waals surface area contributed by atoms with Crippen molar-refractivity contribution in [3.63, 3.8) is 0 Å². The summed E-state index contributed by atoms with van der Waals surface area (Å²) in [6, 6.07) is 4.40. The Morgan fingerprint density at radius 3 is 2.72 bits per heavy atom. The van der Waals surface area contributed by atoms with E-state index in [-0.39, 0.29) is 6.04 Å². The third kappa shape index (κ3) is 3.93. The van der Waals surface area contributed by atoms with Crippen molar-refractivity contribution in [2.24, 2.45) is 5.84 Å². The van der Waals surface area contributed by atoms with Crippen LogP contribution in [-0.2, 0) is 6.42 Å². The average molecular weight is 245 g/mol. The van der Waals surface area contributed by atoms with Crippen molar-refractivity contribution in [2.45, 2.75) is 51.0 Å². The molecule has 1 aliphatic rings. The molecule has 18 heavy (non-hydrogen) atoms. The minimum atomic E-state index is 0.269. The molecule has 1 unspecified atom stereocenters. The molecule has 0 aromatic carbocycles. The molecule has 0 amide bonds. The zero-order chi connectivity index (χ0) is 12.6. The number of nitrogens with zero attached hydrogens (tertiary/aromatic N) is 1. The second-order valence-corrected chi connectivity index (χ2v) is 5.01. The van der Waals surface area contributed by atoms with Gasteiger partial charge < -0.3 is 0 Å². The molecule has 0 aliphatic heterocycles. The Morgan fingerprint density at radius 1 is 1.17 bits per heavy atom. The van der Waals surface area contributed by atoms with Crippen LogP contribution in [0, 0.1) is 0 Å². The van der Waals surface area contributed by atoms with Crippen molar-refractivity contribution in [3.05, 3.63) is 41.7 Å². The summed E-state index contributed by atoms with van der Waals surface area (Å²) < 4.78 is 0. The fourth-order valence-electron chi connectivity index (χ4n) is 2.58. The van der Waals surface area contributed by atoms with Gasteiger partial charge in [-0.1, -0.05) is 24.5 Å². The molecule has 0 bridgehead atoms. The summed E-state index contributed by atoms with van der Waals surface area (Å²) in [5.41, 5.74) is 5.75. The van der Waals surface area contributed by atoms with Gasteiger partial charge in [0.05, 0.1) is 0 Å². The van der Waals surface area contributed by atoms with E-state index in [1.54, 1.807) is 0 Å². The fourth-order valence-corrected chi connectivity index (χ4v) is 2.58. The minimum Gasteiger partial charge on any atom is -0.271 e. The second-order valence-electron chi connectivity index (χ2n) is 5.01. The maximum absolute atomic E-state index is 5.74. The molecular formula is C15H23N3. The molecule has 0 radical (unpaired) electrons. The molecule has 0 fully saturated rings. The van der Waals surface area contributed by atoms with Crippen molar-refractivity contribution < 1.29 is 0 Å². The predicted molar refractivity (Wildman–Crippen MR) is 74.8 cm³/mol. The van der Waals surface area contributed by atoms with Crippen LogP contribution in [0.25, 0.3) is 0 Å². The molecule has 3 nitrogen and oxygen atoms in total. The Balaban J connectivity index is 2.02. The van der Waals surface area contributed by atoms with E-state index in [2.05, 4.69) is 28.6 Å². The molecule has 1 aromatic heterocycles. The van der Waals surface area contributed by atoms with Crippen LogP contribution in [0.15, 0.2) is 36.2 Å². The molecule has 1 atom stereocenters. The number of hydrogen-bond acceptors (Lipinski definition) is 3. The molecule has 2 rings (SSSR count). The van der Waals surface area contributed by atoms with Crippen LogP contribution < -0.4 is 11.3 Å². The van der Waals surface area contributed by atoms with E-state index in [1.165, 1.54) is 49.7 Å². The van der Waals surface area contributed by atoms with Gasteiger partial charge in [-0.15, -0.1) is 0 Å². The zero-order valence-electron chi connectivity index (χ0n) is 10.9. The topological polar surface area (TPSA) is 50.9 Å². The normalized spacial score (nSPS) is 21.5. The first-order valence-corrected chi connectivity index (χ1v) is 6.94. The smallest absolute Gasteiger partial charge is 0.0460 e. The third-order valence-electron chi connectivity index (χ3n) is 3.66. The first-order chi connectivity index (χ1) is 8.90. The SMILES string of the molecule is NNC(Cc1ccncc1)/C1=C/CCCCCC1. The number of rotatable bonds is 4. The largest absolute Gasteiger partial charge is 0.271 e. The molecule has 0 saturated heterocycles. The number of aromatic nitrogens is 1. The zero-order valence-corrected chi connectivity index (χ0v) is 10.9. The highest BCUT2D eigenvalue weighted by Gasteiger charge is 2.14. The van der Waals surface area contributed by atoms with E-state index < -0.39 is 0 Å².